The average Bonchev–Trinajstić information content (AvgIpc) is 2.78. The van der Waals surface area contributed by atoms with Gasteiger partial charge in [-0.1, -0.05) is 18.2 Å². The summed E-state index contributed by atoms with van der Waals surface area (Å²) in [7, 11) is 0. The fraction of sp³-hybridized carbons (Fsp3) is 0.562. The maximum absolute atomic E-state index is 12.4. The van der Waals surface area contributed by atoms with Crippen LogP contribution in [-0.4, -0.2) is 72.4 Å². The molecule has 2 rings (SSSR count). The van der Waals surface area contributed by atoms with Crippen molar-refractivity contribution in [2.24, 2.45) is 0 Å². The first-order valence-electron chi connectivity index (χ1n) is 7.79. The third kappa shape index (κ3) is 5.68. The number of halogens is 3. The molecule has 1 aliphatic rings. The molecule has 1 N–H and O–H groups in total. The van der Waals surface area contributed by atoms with Gasteiger partial charge >= 0.3 is 6.18 Å². The second-order valence-corrected chi connectivity index (χ2v) is 5.69. The molecule has 0 unspecified atom stereocenters. The van der Waals surface area contributed by atoms with Gasteiger partial charge < -0.3 is 14.7 Å². The van der Waals surface area contributed by atoms with Gasteiger partial charge in [0.05, 0.1) is 0 Å². The number of para-hydroxylation sites is 1. The number of carbonyl (C=O) groups excluding carboxylic acids is 1. The normalized spacial score (nSPS) is 18.1. The van der Waals surface area contributed by atoms with Crippen molar-refractivity contribution in [2.45, 2.75) is 18.7 Å². The molecule has 0 aromatic heterocycles. The Bertz CT molecular complexity index is 525. The van der Waals surface area contributed by atoms with E-state index in [0.717, 1.165) is 0 Å². The summed E-state index contributed by atoms with van der Waals surface area (Å²) in [6.07, 6.45) is -6.42. The summed E-state index contributed by atoms with van der Waals surface area (Å²) in [5.41, 5.74) is 0. The van der Waals surface area contributed by atoms with Gasteiger partial charge in [-0.15, -0.1) is 0 Å². The van der Waals surface area contributed by atoms with Crippen molar-refractivity contribution in [1.82, 2.24) is 9.80 Å². The van der Waals surface area contributed by atoms with Gasteiger partial charge in [0.1, 0.15) is 5.75 Å². The summed E-state index contributed by atoms with van der Waals surface area (Å²) in [6.45, 7) is 0.930. The van der Waals surface area contributed by atoms with E-state index in [1.54, 1.807) is 29.2 Å². The first-order valence-corrected chi connectivity index (χ1v) is 7.79. The summed E-state index contributed by atoms with van der Waals surface area (Å²) in [4.78, 5) is 15.3. The molecule has 0 saturated carbocycles. The van der Waals surface area contributed by atoms with Crippen molar-refractivity contribution in [2.75, 3.05) is 39.3 Å². The van der Waals surface area contributed by atoms with Gasteiger partial charge in [0, 0.05) is 32.7 Å². The Balaban J connectivity index is 1.78. The van der Waals surface area contributed by atoms with E-state index in [2.05, 4.69) is 0 Å². The van der Waals surface area contributed by atoms with E-state index in [9.17, 15) is 18.0 Å². The molecule has 24 heavy (non-hydrogen) atoms. The summed E-state index contributed by atoms with van der Waals surface area (Å²) in [5, 5.41) is 9.15. The van der Waals surface area contributed by atoms with Crippen LogP contribution in [-0.2, 0) is 4.79 Å². The van der Waals surface area contributed by atoms with Crippen molar-refractivity contribution >= 4 is 5.91 Å². The molecule has 0 bridgehead atoms. The number of carbonyl (C=O) groups is 1. The molecule has 134 valence electrons. The molecule has 1 amide bonds. The second kappa shape index (κ2) is 8.34. The number of nitrogens with zero attached hydrogens (tertiary/aromatic N) is 2. The highest BCUT2D eigenvalue weighted by molar-refractivity contribution is 5.77. The molecule has 1 aromatic rings. The monoisotopic (exact) mass is 346 g/mol. The maximum Gasteiger partial charge on any atom is 0.415 e. The molecule has 1 saturated heterocycles. The standard InChI is InChI=1S/C16H21F3N2O3/c17-16(18,19)14(22)11-20-7-4-8-21(10-9-20)15(23)12-24-13-5-2-1-3-6-13/h1-3,5-6,14,22H,4,7-12H2/t14-/m0/s1. The molecule has 1 atom stereocenters. The largest absolute Gasteiger partial charge is 0.484 e. The number of aliphatic hydroxyl groups excluding tert-OH is 1. The minimum atomic E-state index is -4.62. The molecular weight excluding hydrogens is 325 g/mol. The van der Waals surface area contributed by atoms with Crippen molar-refractivity contribution < 1.29 is 27.8 Å². The quantitative estimate of drug-likeness (QED) is 0.878. The third-order valence-electron chi connectivity index (χ3n) is 3.86. The number of rotatable bonds is 5. The number of alkyl halides is 3. The average molecular weight is 346 g/mol. The van der Waals surface area contributed by atoms with Crippen LogP contribution < -0.4 is 4.74 Å². The zero-order valence-corrected chi connectivity index (χ0v) is 13.2. The van der Waals surface area contributed by atoms with Gasteiger partial charge in [0.2, 0.25) is 0 Å². The van der Waals surface area contributed by atoms with Gasteiger partial charge in [0.15, 0.2) is 12.7 Å². The van der Waals surface area contributed by atoms with E-state index in [-0.39, 0.29) is 12.5 Å². The highest BCUT2D eigenvalue weighted by atomic mass is 19.4. The Labute approximate surface area is 138 Å². The zero-order chi connectivity index (χ0) is 17.6. The Morgan fingerprint density at radius 1 is 1.17 bits per heavy atom. The Morgan fingerprint density at radius 2 is 1.88 bits per heavy atom. The number of β-amino-alcohol motifs (C(OH)–C–C–N with tert-alkyl or cyclic N) is 1. The summed E-state index contributed by atoms with van der Waals surface area (Å²) < 4.78 is 42.6. The van der Waals surface area contributed by atoms with Crippen molar-refractivity contribution in [3.8, 4) is 5.75 Å². The Kier molecular flexibility index (Phi) is 6.44. The van der Waals surface area contributed by atoms with Crippen LogP contribution in [0.25, 0.3) is 0 Å². The molecule has 1 aromatic carbocycles. The second-order valence-electron chi connectivity index (χ2n) is 5.69. The van der Waals surface area contributed by atoms with E-state index < -0.39 is 18.8 Å². The van der Waals surface area contributed by atoms with Crippen molar-refractivity contribution in [3.05, 3.63) is 30.3 Å². The fourth-order valence-corrected chi connectivity index (χ4v) is 2.50. The molecule has 5 nitrogen and oxygen atoms in total. The molecular formula is C16H21F3N2O3. The first kappa shape index (κ1) is 18.5. The number of benzene rings is 1. The maximum atomic E-state index is 12.4. The number of amides is 1. The molecule has 0 spiro atoms. The lowest BCUT2D eigenvalue weighted by atomic mass is 10.3. The van der Waals surface area contributed by atoms with Crippen molar-refractivity contribution in [1.29, 1.82) is 0 Å². The van der Waals surface area contributed by atoms with Gasteiger partial charge in [-0.25, -0.2) is 0 Å². The van der Waals surface area contributed by atoms with Gasteiger partial charge in [0.25, 0.3) is 5.91 Å². The van der Waals surface area contributed by atoms with Crippen LogP contribution in [0.3, 0.4) is 0 Å². The highest BCUT2D eigenvalue weighted by Gasteiger charge is 2.39. The Hall–Kier alpha value is -1.80. The predicted molar refractivity (Wildman–Crippen MR) is 81.6 cm³/mol. The Morgan fingerprint density at radius 3 is 2.54 bits per heavy atom. The lowest BCUT2D eigenvalue weighted by Gasteiger charge is -2.25. The smallest absolute Gasteiger partial charge is 0.415 e. The molecule has 1 heterocycles. The third-order valence-corrected chi connectivity index (χ3v) is 3.86. The van der Waals surface area contributed by atoms with Gasteiger partial charge in [-0.2, -0.15) is 13.2 Å². The van der Waals surface area contributed by atoms with Crippen LogP contribution in [0.4, 0.5) is 13.2 Å². The topological polar surface area (TPSA) is 53.0 Å². The van der Waals surface area contributed by atoms with E-state index in [1.807, 2.05) is 6.07 Å². The summed E-state index contributed by atoms with van der Waals surface area (Å²) in [6, 6.07) is 8.94. The van der Waals surface area contributed by atoms with Crippen LogP contribution in [0.2, 0.25) is 0 Å². The van der Waals surface area contributed by atoms with Crippen molar-refractivity contribution in [3.63, 3.8) is 0 Å². The predicted octanol–water partition coefficient (Wildman–Crippen LogP) is 1.52. The number of hydrogen-bond donors (Lipinski definition) is 1. The lowest BCUT2D eigenvalue weighted by molar-refractivity contribution is -0.208. The zero-order valence-electron chi connectivity index (χ0n) is 13.2. The van der Waals surface area contributed by atoms with Gasteiger partial charge in [-0.05, 0) is 18.6 Å². The molecule has 8 heteroatoms. The van der Waals surface area contributed by atoms with E-state index >= 15 is 0 Å². The van der Waals surface area contributed by atoms with Gasteiger partial charge in [-0.3, -0.25) is 9.69 Å². The SMILES string of the molecule is O=C(COc1ccccc1)N1CCCN(C[C@H](O)C(F)(F)F)CC1. The number of aliphatic hydroxyl groups is 1. The minimum absolute atomic E-state index is 0.102. The highest BCUT2D eigenvalue weighted by Crippen LogP contribution is 2.21. The van der Waals surface area contributed by atoms with Crippen LogP contribution >= 0.6 is 0 Å². The van der Waals surface area contributed by atoms with Crippen LogP contribution in [0.5, 0.6) is 5.75 Å². The number of hydrogen-bond acceptors (Lipinski definition) is 4. The summed E-state index contributed by atoms with van der Waals surface area (Å²) >= 11 is 0. The van der Waals surface area contributed by atoms with Crippen LogP contribution in [0.1, 0.15) is 6.42 Å². The van der Waals surface area contributed by atoms with E-state index in [0.29, 0.717) is 38.3 Å². The molecule has 1 aliphatic heterocycles. The fourth-order valence-electron chi connectivity index (χ4n) is 2.50. The molecule has 0 radical (unpaired) electrons. The molecule has 1 fully saturated rings. The minimum Gasteiger partial charge on any atom is -0.484 e. The first-order chi connectivity index (χ1) is 11.4. The molecule has 0 aliphatic carbocycles. The van der Waals surface area contributed by atoms with E-state index in [4.69, 9.17) is 9.84 Å². The van der Waals surface area contributed by atoms with Crippen LogP contribution in [0.15, 0.2) is 30.3 Å². The lowest BCUT2D eigenvalue weighted by Crippen LogP contribution is -2.43. The summed E-state index contributed by atoms with van der Waals surface area (Å²) in [5.74, 6) is 0.396. The number of ether oxygens (including phenoxy) is 1. The van der Waals surface area contributed by atoms with Crippen LogP contribution in [0, 0.1) is 0 Å². The van der Waals surface area contributed by atoms with E-state index in [1.165, 1.54) is 4.90 Å².